The van der Waals surface area contributed by atoms with Gasteiger partial charge in [0, 0.05) is 22.3 Å². The monoisotopic (exact) mass is 618 g/mol. The second-order valence-corrected chi connectivity index (χ2v) is 12.6. The molecule has 0 spiro atoms. The van der Waals surface area contributed by atoms with Crippen molar-refractivity contribution in [3.63, 3.8) is 0 Å². The summed E-state index contributed by atoms with van der Waals surface area (Å²) >= 11 is 1.69. The molecule has 0 radical (unpaired) electrons. The van der Waals surface area contributed by atoms with Crippen LogP contribution in [-0.2, 0) is 0 Å². The molecule has 0 saturated heterocycles. The Bertz CT molecular complexity index is 2580. The zero-order valence-corrected chi connectivity index (χ0v) is 26.0. The number of hydrogen-bond acceptors (Lipinski definition) is 5. The molecule has 0 N–H and O–H groups in total. The number of hydrogen-bond donors (Lipinski definition) is 0. The van der Waals surface area contributed by atoms with E-state index in [1.807, 2.05) is 36.4 Å². The second-order valence-electron chi connectivity index (χ2n) is 11.5. The number of thiazole rings is 1. The summed E-state index contributed by atoms with van der Waals surface area (Å²) < 4.78 is 1.09. The molecule has 0 aliphatic heterocycles. The molecule has 9 aromatic rings. The minimum Gasteiger partial charge on any atom is -0.236 e. The Morgan fingerprint density at radius 3 is 1.70 bits per heavy atom. The van der Waals surface area contributed by atoms with Crippen molar-refractivity contribution in [3.05, 3.63) is 158 Å². The summed E-state index contributed by atoms with van der Waals surface area (Å²) in [5, 5.41) is 5.95. The Morgan fingerprint density at radius 2 is 0.915 bits per heavy atom. The number of aromatic nitrogens is 4. The van der Waals surface area contributed by atoms with Crippen LogP contribution in [0.3, 0.4) is 0 Å². The lowest BCUT2D eigenvalue weighted by molar-refractivity contribution is 1.07. The summed E-state index contributed by atoms with van der Waals surface area (Å²) in [5.41, 5.74) is 7.16. The Kier molecular flexibility index (Phi) is 6.61. The lowest BCUT2D eigenvalue weighted by atomic mass is 10.0. The molecule has 0 aliphatic carbocycles. The highest BCUT2D eigenvalue weighted by Crippen LogP contribution is 2.36. The maximum absolute atomic E-state index is 5.04. The molecular weight excluding hydrogens is 593 g/mol. The van der Waals surface area contributed by atoms with Crippen LogP contribution in [-0.4, -0.2) is 19.9 Å². The van der Waals surface area contributed by atoms with E-state index in [0.717, 1.165) is 48.6 Å². The van der Waals surface area contributed by atoms with Crippen molar-refractivity contribution >= 4 is 43.1 Å². The molecule has 0 unspecified atom stereocenters. The predicted molar refractivity (Wildman–Crippen MR) is 195 cm³/mol. The topological polar surface area (TPSA) is 51.6 Å². The molecule has 0 amide bonds. The average Bonchev–Trinajstić information content (AvgIpc) is 3.59. The van der Waals surface area contributed by atoms with Crippen molar-refractivity contribution in [2.45, 2.75) is 0 Å². The van der Waals surface area contributed by atoms with Gasteiger partial charge in [0.1, 0.15) is 5.01 Å². The third-order valence-corrected chi connectivity index (χ3v) is 9.60. The SMILES string of the molecule is c1ccc(-c2cccc(-c3nc(-c4ccccc4)nc(-c4ccc5nc(-c6ccc7ccc8ccccc8c7c6)sc5c4)n3)c2)cc1. The van der Waals surface area contributed by atoms with Crippen molar-refractivity contribution in [1.29, 1.82) is 0 Å². The number of nitrogens with zero attached hydrogens (tertiary/aromatic N) is 4. The smallest absolute Gasteiger partial charge is 0.164 e. The fourth-order valence-corrected chi connectivity index (χ4v) is 7.14. The van der Waals surface area contributed by atoms with Crippen molar-refractivity contribution < 1.29 is 0 Å². The molecule has 7 aromatic carbocycles. The van der Waals surface area contributed by atoms with Crippen LogP contribution >= 0.6 is 11.3 Å². The Morgan fingerprint density at radius 1 is 0.340 bits per heavy atom. The van der Waals surface area contributed by atoms with Gasteiger partial charge in [-0.05, 0) is 63.0 Å². The van der Waals surface area contributed by atoms with E-state index >= 15 is 0 Å². The van der Waals surface area contributed by atoms with E-state index in [4.69, 9.17) is 19.9 Å². The predicted octanol–water partition coefficient (Wildman–Crippen LogP) is 11.1. The maximum atomic E-state index is 5.04. The Balaban J connectivity index is 1.15. The molecule has 9 rings (SSSR count). The zero-order chi connectivity index (χ0) is 31.2. The minimum absolute atomic E-state index is 0.632. The van der Waals surface area contributed by atoms with Crippen molar-refractivity contribution in [3.8, 4) is 55.9 Å². The molecule has 2 heterocycles. The van der Waals surface area contributed by atoms with E-state index in [-0.39, 0.29) is 0 Å². The standard InChI is InChI=1S/C42H26N4S/c1-3-10-27(11-4-1)31-15-9-16-32(24-31)40-44-39(30-13-5-2-6-14-30)45-41(46-40)33-22-23-37-38(26-33)47-42(43-37)34-21-20-29-19-18-28-12-7-8-17-35(28)36(29)25-34/h1-26H. The Hall–Kier alpha value is -6.04. The first-order chi connectivity index (χ1) is 23.2. The van der Waals surface area contributed by atoms with Gasteiger partial charge in [-0.2, -0.15) is 0 Å². The van der Waals surface area contributed by atoms with E-state index in [1.54, 1.807) is 11.3 Å². The van der Waals surface area contributed by atoms with Crippen LogP contribution in [0.15, 0.2) is 158 Å². The highest BCUT2D eigenvalue weighted by molar-refractivity contribution is 7.21. The number of benzene rings is 7. The molecule has 2 aromatic heterocycles. The lowest BCUT2D eigenvalue weighted by Crippen LogP contribution is -2.00. The largest absolute Gasteiger partial charge is 0.236 e. The van der Waals surface area contributed by atoms with Gasteiger partial charge in [-0.15, -0.1) is 11.3 Å². The molecule has 0 fully saturated rings. The van der Waals surface area contributed by atoms with Gasteiger partial charge in [-0.3, -0.25) is 0 Å². The molecular formula is C42H26N4S. The zero-order valence-electron chi connectivity index (χ0n) is 25.2. The summed E-state index contributed by atoms with van der Waals surface area (Å²) in [7, 11) is 0. The fourth-order valence-electron chi connectivity index (χ4n) is 6.14. The van der Waals surface area contributed by atoms with E-state index in [0.29, 0.717) is 17.5 Å². The van der Waals surface area contributed by atoms with Gasteiger partial charge < -0.3 is 0 Å². The minimum atomic E-state index is 0.632. The van der Waals surface area contributed by atoms with Crippen LogP contribution in [0.2, 0.25) is 0 Å². The van der Waals surface area contributed by atoms with Crippen LogP contribution in [0.25, 0.3) is 87.6 Å². The molecule has 0 aliphatic rings. The van der Waals surface area contributed by atoms with Crippen LogP contribution in [0.5, 0.6) is 0 Å². The number of rotatable bonds is 5. The summed E-state index contributed by atoms with van der Waals surface area (Å²) in [6.45, 7) is 0. The fraction of sp³-hybridized carbons (Fsp3) is 0. The number of fused-ring (bicyclic) bond motifs is 4. The summed E-state index contributed by atoms with van der Waals surface area (Å²) in [6, 6.07) is 54.7. The molecule has 47 heavy (non-hydrogen) atoms. The van der Waals surface area contributed by atoms with E-state index in [9.17, 15) is 0 Å². The summed E-state index contributed by atoms with van der Waals surface area (Å²) in [5.74, 6) is 1.91. The van der Waals surface area contributed by atoms with Crippen LogP contribution in [0.4, 0.5) is 0 Å². The highest BCUT2D eigenvalue weighted by Gasteiger charge is 2.15. The maximum Gasteiger partial charge on any atom is 0.164 e. The Labute approximate surface area is 275 Å². The van der Waals surface area contributed by atoms with E-state index < -0.39 is 0 Å². The summed E-state index contributed by atoms with van der Waals surface area (Å²) in [6.07, 6.45) is 0. The second kappa shape index (κ2) is 11.4. The first-order valence-corrected chi connectivity index (χ1v) is 16.4. The first-order valence-electron chi connectivity index (χ1n) is 15.6. The molecule has 0 bridgehead atoms. The van der Waals surface area contributed by atoms with Gasteiger partial charge in [0.15, 0.2) is 17.5 Å². The van der Waals surface area contributed by atoms with Crippen molar-refractivity contribution in [2.24, 2.45) is 0 Å². The van der Waals surface area contributed by atoms with Crippen molar-refractivity contribution in [2.75, 3.05) is 0 Å². The van der Waals surface area contributed by atoms with Gasteiger partial charge in [0.25, 0.3) is 0 Å². The quantitative estimate of drug-likeness (QED) is 0.180. The van der Waals surface area contributed by atoms with Gasteiger partial charge in [-0.1, -0.05) is 127 Å². The van der Waals surface area contributed by atoms with Gasteiger partial charge in [0.05, 0.1) is 10.2 Å². The first kappa shape index (κ1) is 27.3. The van der Waals surface area contributed by atoms with Crippen LogP contribution in [0, 0.1) is 0 Å². The normalized spacial score (nSPS) is 11.4. The molecule has 5 heteroatoms. The van der Waals surface area contributed by atoms with Crippen LogP contribution in [0.1, 0.15) is 0 Å². The third kappa shape index (κ3) is 5.13. The van der Waals surface area contributed by atoms with E-state index in [1.165, 1.54) is 21.5 Å². The highest BCUT2D eigenvalue weighted by atomic mass is 32.1. The average molecular weight is 619 g/mol. The molecule has 0 saturated carbocycles. The summed E-state index contributed by atoms with van der Waals surface area (Å²) in [4.78, 5) is 20.0. The molecule has 4 nitrogen and oxygen atoms in total. The van der Waals surface area contributed by atoms with Crippen molar-refractivity contribution in [1.82, 2.24) is 19.9 Å². The molecule has 220 valence electrons. The third-order valence-electron chi connectivity index (χ3n) is 8.54. The van der Waals surface area contributed by atoms with Gasteiger partial charge >= 0.3 is 0 Å². The molecule has 0 atom stereocenters. The van der Waals surface area contributed by atoms with Crippen LogP contribution < -0.4 is 0 Å². The van der Waals surface area contributed by atoms with E-state index in [2.05, 4.69) is 121 Å². The lowest BCUT2D eigenvalue weighted by Gasteiger charge is -2.09. The van der Waals surface area contributed by atoms with Gasteiger partial charge in [-0.25, -0.2) is 19.9 Å². The van der Waals surface area contributed by atoms with Gasteiger partial charge in [0.2, 0.25) is 0 Å².